The van der Waals surface area contributed by atoms with E-state index in [2.05, 4.69) is 18.2 Å². The Kier molecular flexibility index (Phi) is 7.27. The lowest BCUT2D eigenvalue weighted by Gasteiger charge is -2.41. The molecule has 1 aromatic rings. The van der Waals surface area contributed by atoms with Gasteiger partial charge in [0.25, 0.3) is 0 Å². The number of benzene rings is 1. The molecule has 3 aliphatic rings. The highest BCUT2D eigenvalue weighted by atomic mass is 16.5. The van der Waals surface area contributed by atoms with E-state index < -0.39 is 5.41 Å². The fraction of sp³-hybridized carbons (Fsp3) is 0.500. The van der Waals surface area contributed by atoms with E-state index in [4.69, 9.17) is 28.4 Å². The number of ether oxygens (including phenoxy) is 6. The number of methoxy groups -OCH3 is 6. The van der Waals surface area contributed by atoms with E-state index in [0.29, 0.717) is 23.0 Å². The summed E-state index contributed by atoms with van der Waals surface area (Å²) in [5.41, 5.74) is 3.85. The van der Waals surface area contributed by atoms with Crippen molar-refractivity contribution in [2.24, 2.45) is 0 Å². The van der Waals surface area contributed by atoms with Crippen molar-refractivity contribution in [3.8, 4) is 17.2 Å². The van der Waals surface area contributed by atoms with Crippen LogP contribution >= 0.6 is 0 Å². The van der Waals surface area contributed by atoms with E-state index in [1.165, 1.54) is 24.0 Å². The van der Waals surface area contributed by atoms with E-state index in [0.717, 1.165) is 42.6 Å². The van der Waals surface area contributed by atoms with Crippen LogP contribution in [-0.2, 0) is 19.6 Å². The molecule has 0 aromatic heterocycles. The standard InChI is InChI=1S/C28H36O6/c1-29-21-15-24(32-4)28(17-23(21)31-3,16-19-11-8-12-19)25-26(33-5)20(13-18-9-7-10-18)14-22(30-2)27(25)34-6/h13-17,24H,7-12H2,1-6H3. The van der Waals surface area contributed by atoms with Crippen molar-refractivity contribution in [2.75, 3.05) is 42.7 Å². The summed E-state index contributed by atoms with van der Waals surface area (Å²) in [4.78, 5) is 0. The molecule has 6 heteroatoms. The quantitative estimate of drug-likeness (QED) is 0.432. The van der Waals surface area contributed by atoms with Gasteiger partial charge in [0.05, 0.1) is 52.6 Å². The Hall–Kier alpha value is -2.86. The van der Waals surface area contributed by atoms with Gasteiger partial charge in [-0.3, -0.25) is 0 Å². The second-order valence-corrected chi connectivity index (χ2v) is 8.96. The Morgan fingerprint density at radius 1 is 0.765 bits per heavy atom. The van der Waals surface area contributed by atoms with Crippen molar-refractivity contribution in [3.63, 3.8) is 0 Å². The van der Waals surface area contributed by atoms with Gasteiger partial charge >= 0.3 is 0 Å². The van der Waals surface area contributed by atoms with Crippen molar-refractivity contribution in [3.05, 3.63) is 58.1 Å². The van der Waals surface area contributed by atoms with Crippen LogP contribution in [0.5, 0.6) is 17.2 Å². The first-order valence-electron chi connectivity index (χ1n) is 11.8. The second-order valence-electron chi connectivity index (χ2n) is 8.96. The molecular weight excluding hydrogens is 432 g/mol. The third kappa shape index (κ3) is 4.09. The first-order valence-corrected chi connectivity index (χ1v) is 11.8. The molecule has 6 nitrogen and oxygen atoms in total. The molecule has 0 aliphatic heterocycles. The molecule has 0 bridgehead atoms. The van der Waals surface area contributed by atoms with Gasteiger partial charge < -0.3 is 28.4 Å². The molecule has 0 saturated heterocycles. The fourth-order valence-corrected chi connectivity index (χ4v) is 5.06. The Labute approximate surface area is 202 Å². The van der Waals surface area contributed by atoms with Crippen LogP contribution in [0.3, 0.4) is 0 Å². The van der Waals surface area contributed by atoms with Crippen LogP contribution in [0.2, 0.25) is 0 Å². The molecular formula is C28H36O6. The predicted molar refractivity (Wildman–Crippen MR) is 133 cm³/mol. The van der Waals surface area contributed by atoms with Crippen LogP contribution < -0.4 is 14.2 Å². The topological polar surface area (TPSA) is 55.4 Å². The lowest BCUT2D eigenvalue weighted by atomic mass is 9.68. The smallest absolute Gasteiger partial charge is 0.168 e. The number of hydrogen-bond donors (Lipinski definition) is 0. The average molecular weight is 469 g/mol. The van der Waals surface area contributed by atoms with Crippen LogP contribution in [0.25, 0.3) is 6.08 Å². The molecule has 0 heterocycles. The van der Waals surface area contributed by atoms with Crippen LogP contribution in [-0.4, -0.2) is 48.8 Å². The summed E-state index contributed by atoms with van der Waals surface area (Å²) < 4.78 is 35.5. The summed E-state index contributed by atoms with van der Waals surface area (Å²) in [6.45, 7) is 0. The van der Waals surface area contributed by atoms with E-state index in [9.17, 15) is 0 Å². The van der Waals surface area contributed by atoms with Gasteiger partial charge in [0.15, 0.2) is 23.0 Å². The predicted octanol–water partition coefficient (Wildman–Crippen LogP) is 5.72. The molecule has 184 valence electrons. The summed E-state index contributed by atoms with van der Waals surface area (Å²) in [6, 6.07) is 2.00. The molecule has 2 fully saturated rings. The minimum absolute atomic E-state index is 0.381. The molecule has 0 spiro atoms. The van der Waals surface area contributed by atoms with E-state index in [1.807, 2.05) is 12.1 Å². The highest BCUT2D eigenvalue weighted by molar-refractivity contribution is 5.73. The van der Waals surface area contributed by atoms with Crippen LogP contribution in [0, 0.1) is 0 Å². The van der Waals surface area contributed by atoms with Crippen molar-refractivity contribution < 1.29 is 28.4 Å². The van der Waals surface area contributed by atoms with Crippen molar-refractivity contribution in [1.29, 1.82) is 0 Å². The third-order valence-electron chi connectivity index (χ3n) is 7.16. The summed E-state index contributed by atoms with van der Waals surface area (Å²) in [5.74, 6) is 3.29. The normalized spacial score (nSPS) is 23.6. The Morgan fingerprint density at radius 2 is 1.41 bits per heavy atom. The molecule has 0 amide bonds. The number of rotatable bonds is 9. The van der Waals surface area contributed by atoms with Gasteiger partial charge in [-0.2, -0.15) is 0 Å². The Balaban J connectivity index is 2.08. The van der Waals surface area contributed by atoms with Crippen molar-refractivity contribution >= 4 is 6.08 Å². The number of hydrogen-bond acceptors (Lipinski definition) is 6. The molecule has 1 aromatic carbocycles. The first kappa shape index (κ1) is 24.3. The van der Waals surface area contributed by atoms with Gasteiger partial charge in [0.2, 0.25) is 0 Å². The SMILES string of the molecule is COC1=CC(OC)C(C=C2CCC2)(c2c(OC)c(C=C3CCC3)cc(OC)c2OC)C=C1OC. The first-order chi connectivity index (χ1) is 16.5. The van der Waals surface area contributed by atoms with Crippen molar-refractivity contribution in [1.82, 2.24) is 0 Å². The fourth-order valence-electron chi connectivity index (χ4n) is 5.06. The zero-order chi connectivity index (χ0) is 24.3. The van der Waals surface area contributed by atoms with E-state index in [1.54, 1.807) is 42.7 Å². The van der Waals surface area contributed by atoms with E-state index >= 15 is 0 Å². The molecule has 0 N–H and O–H groups in total. The Bertz CT molecular complexity index is 1040. The summed E-state index contributed by atoms with van der Waals surface area (Å²) in [6.07, 6.45) is 14.9. The monoisotopic (exact) mass is 468 g/mol. The maximum atomic E-state index is 6.13. The third-order valence-corrected chi connectivity index (χ3v) is 7.16. The second kappa shape index (κ2) is 10.2. The molecule has 2 atom stereocenters. The summed E-state index contributed by atoms with van der Waals surface area (Å²) in [7, 11) is 10.0. The summed E-state index contributed by atoms with van der Waals surface area (Å²) in [5, 5.41) is 0. The van der Waals surface area contributed by atoms with Crippen LogP contribution in [0.1, 0.15) is 49.7 Å². The molecule has 3 aliphatic carbocycles. The maximum absolute atomic E-state index is 6.13. The van der Waals surface area contributed by atoms with Crippen LogP contribution in [0.4, 0.5) is 0 Å². The maximum Gasteiger partial charge on any atom is 0.168 e. The minimum atomic E-state index is -0.754. The van der Waals surface area contributed by atoms with Gasteiger partial charge in [0.1, 0.15) is 5.75 Å². The lowest BCUT2D eigenvalue weighted by Crippen LogP contribution is -2.41. The van der Waals surface area contributed by atoms with Gasteiger partial charge in [0, 0.05) is 12.7 Å². The highest BCUT2D eigenvalue weighted by Gasteiger charge is 2.47. The molecule has 2 saturated carbocycles. The summed E-state index contributed by atoms with van der Waals surface area (Å²) >= 11 is 0. The van der Waals surface area contributed by atoms with Crippen LogP contribution in [0.15, 0.2) is 47.0 Å². The van der Waals surface area contributed by atoms with Crippen molar-refractivity contribution in [2.45, 2.75) is 50.0 Å². The zero-order valence-electron chi connectivity index (χ0n) is 21.2. The molecule has 2 unspecified atom stereocenters. The number of allylic oxidation sites excluding steroid dienone is 2. The Morgan fingerprint density at radius 3 is 1.88 bits per heavy atom. The minimum Gasteiger partial charge on any atom is -0.496 e. The molecule has 0 radical (unpaired) electrons. The van der Waals surface area contributed by atoms with E-state index in [-0.39, 0.29) is 6.10 Å². The van der Waals surface area contributed by atoms with Gasteiger partial charge in [-0.1, -0.05) is 23.3 Å². The molecule has 34 heavy (non-hydrogen) atoms. The highest BCUT2D eigenvalue weighted by Crippen LogP contribution is 2.54. The van der Waals surface area contributed by atoms with Gasteiger partial charge in [-0.25, -0.2) is 0 Å². The van der Waals surface area contributed by atoms with Gasteiger partial charge in [-0.05, 0) is 56.7 Å². The van der Waals surface area contributed by atoms with Gasteiger partial charge in [-0.15, -0.1) is 0 Å². The average Bonchev–Trinajstić information content (AvgIpc) is 2.81. The zero-order valence-corrected chi connectivity index (χ0v) is 21.2. The molecule has 4 rings (SSSR count). The lowest BCUT2D eigenvalue weighted by molar-refractivity contribution is 0.0882. The largest absolute Gasteiger partial charge is 0.496 e.